The van der Waals surface area contributed by atoms with Crippen molar-refractivity contribution in [3.8, 4) is 0 Å². The molecule has 25 heavy (non-hydrogen) atoms. The number of fused-ring (bicyclic) bond motifs is 2. The predicted octanol–water partition coefficient (Wildman–Crippen LogP) is 4.04. The third-order valence-electron chi connectivity index (χ3n) is 5.11. The molecule has 4 aliphatic rings. The molecule has 5 rings (SSSR count). The first-order valence-electron chi connectivity index (χ1n) is 8.91. The van der Waals surface area contributed by atoms with E-state index < -0.39 is 0 Å². The number of rotatable bonds is 3. The number of aliphatic imine (C=N–C) groups is 1. The molecule has 0 aromatic heterocycles. The van der Waals surface area contributed by atoms with E-state index in [1.165, 1.54) is 23.3 Å². The number of anilines is 1. The molecule has 3 aliphatic heterocycles. The molecule has 3 atom stereocenters. The van der Waals surface area contributed by atoms with Crippen LogP contribution < -0.4 is 4.90 Å². The lowest BCUT2D eigenvalue weighted by molar-refractivity contribution is -0.120. The molecule has 0 bridgehead atoms. The van der Waals surface area contributed by atoms with Gasteiger partial charge in [0.1, 0.15) is 5.37 Å². The van der Waals surface area contributed by atoms with Crippen molar-refractivity contribution in [3.63, 3.8) is 0 Å². The smallest absolute Gasteiger partial charge is 0.243 e. The van der Waals surface area contributed by atoms with Crippen molar-refractivity contribution in [2.45, 2.75) is 37.2 Å². The Kier molecular flexibility index (Phi) is 4.14. The van der Waals surface area contributed by atoms with E-state index in [4.69, 9.17) is 9.73 Å². The van der Waals surface area contributed by atoms with Crippen molar-refractivity contribution < 1.29 is 9.53 Å². The molecule has 6 heteroatoms. The average molecular weight is 373 g/mol. The van der Waals surface area contributed by atoms with Gasteiger partial charge in [-0.25, -0.2) is 4.99 Å². The number of amidine groups is 1. The Balaban J connectivity index is 1.51. The molecule has 0 spiro atoms. The number of hydrogen-bond donors (Lipinski definition) is 0. The van der Waals surface area contributed by atoms with E-state index in [1.807, 2.05) is 47.0 Å². The Morgan fingerprint density at radius 2 is 2.04 bits per heavy atom. The monoisotopic (exact) mass is 372 g/mol. The summed E-state index contributed by atoms with van der Waals surface area (Å²) >= 11 is 3.49. The summed E-state index contributed by atoms with van der Waals surface area (Å²) in [4.78, 5) is 21.8. The van der Waals surface area contributed by atoms with Crippen LogP contribution in [0.15, 0.2) is 45.8 Å². The van der Waals surface area contributed by atoms with Crippen LogP contribution in [0.4, 0.5) is 5.69 Å². The van der Waals surface area contributed by atoms with Crippen molar-refractivity contribution in [2.24, 2.45) is 10.9 Å². The Morgan fingerprint density at radius 1 is 1.24 bits per heavy atom. The Bertz CT molecular complexity index is 758. The minimum Gasteiger partial charge on any atom is -0.372 e. The SMILES string of the molecule is O=C1[C@H]2C3=C(CCCC3)S[C@H]2N=C(SC[C@@H]2CO2)N1c1ccccc1. The fraction of sp³-hybridized carbons (Fsp3) is 0.474. The number of benzene rings is 1. The van der Waals surface area contributed by atoms with Crippen LogP contribution in [0.2, 0.25) is 0 Å². The van der Waals surface area contributed by atoms with Gasteiger partial charge in [0.15, 0.2) is 5.17 Å². The van der Waals surface area contributed by atoms with Crippen LogP contribution >= 0.6 is 23.5 Å². The molecule has 130 valence electrons. The highest BCUT2D eigenvalue weighted by molar-refractivity contribution is 8.14. The number of thioether (sulfide) groups is 2. The van der Waals surface area contributed by atoms with Crippen LogP contribution in [0.3, 0.4) is 0 Å². The van der Waals surface area contributed by atoms with E-state index in [9.17, 15) is 4.79 Å². The fourth-order valence-electron chi connectivity index (χ4n) is 3.77. The third kappa shape index (κ3) is 2.94. The van der Waals surface area contributed by atoms with Gasteiger partial charge in [0.2, 0.25) is 5.91 Å². The van der Waals surface area contributed by atoms with Crippen LogP contribution in [-0.2, 0) is 9.53 Å². The van der Waals surface area contributed by atoms with Gasteiger partial charge in [0.05, 0.1) is 24.3 Å². The van der Waals surface area contributed by atoms with Gasteiger partial charge in [-0.1, -0.05) is 30.0 Å². The largest absolute Gasteiger partial charge is 0.372 e. The summed E-state index contributed by atoms with van der Waals surface area (Å²) in [7, 11) is 0. The fourth-order valence-corrected chi connectivity index (χ4v) is 6.38. The second kappa shape index (κ2) is 6.49. The Labute approximate surface area is 156 Å². The second-order valence-electron chi connectivity index (χ2n) is 6.83. The van der Waals surface area contributed by atoms with Gasteiger partial charge >= 0.3 is 0 Å². The standard InChI is InChI=1S/C19H20N2O2S2/c22-18-16-14-8-4-5-9-15(14)25-17(16)20-19(24-11-13-10-23-13)21(18)12-6-2-1-3-7-12/h1-3,6-7,13,16-17H,4-5,8-11H2/t13-,16-,17+/m0/s1. The average Bonchev–Trinajstić information content (AvgIpc) is 3.39. The van der Waals surface area contributed by atoms with Crippen LogP contribution in [0, 0.1) is 5.92 Å². The summed E-state index contributed by atoms with van der Waals surface area (Å²) in [6.45, 7) is 0.830. The maximum Gasteiger partial charge on any atom is 0.243 e. The van der Waals surface area contributed by atoms with E-state index >= 15 is 0 Å². The van der Waals surface area contributed by atoms with E-state index in [2.05, 4.69) is 0 Å². The Morgan fingerprint density at radius 3 is 2.84 bits per heavy atom. The van der Waals surface area contributed by atoms with Gasteiger partial charge in [-0.3, -0.25) is 9.69 Å². The van der Waals surface area contributed by atoms with Crippen molar-refractivity contribution in [3.05, 3.63) is 40.8 Å². The van der Waals surface area contributed by atoms with Gasteiger partial charge in [-0.15, -0.1) is 11.8 Å². The number of para-hydroxylation sites is 1. The zero-order valence-corrected chi connectivity index (χ0v) is 15.5. The van der Waals surface area contributed by atoms with Gasteiger partial charge in [-0.2, -0.15) is 0 Å². The van der Waals surface area contributed by atoms with Gasteiger partial charge in [0.25, 0.3) is 0 Å². The highest BCUT2D eigenvalue weighted by Crippen LogP contribution is 2.52. The molecule has 1 aliphatic carbocycles. The quantitative estimate of drug-likeness (QED) is 0.751. The molecule has 1 aromatic rings. The summed E-state index contributed by atoms with van der Waals surface area (Å²) in [6.07, 6.45) is 4.95. The summed E-state index contributed by atoms with van der Waals surface area (Å²) in [6, 6.07) is 9.95. The van der Waals surface area contributed by atoms with Crippen molar-refractivity contribution >= 4 is 40.3 Å². The second-order valence-corrected chi connectivity index (χ2v) is 9.03. The van der Waals surface area contributed by atoms with Crippen LogP contribution in [0.1, 0.15) is 25.7 Å². The highest BCUT2D eigenvalue weighted by Gasteiger charge is 2.47. The van der Waals surface area contributed by atoms with Gasteiger partial charge in [0, 0.05) is 5.75 Å². The zero-order valence-electron chi connectivity index (χ0n) is 13.9. The topological polar surface area (TPSA) is 45.2 Å². The van der Waals surface area contributed by atoms with E-state index in [-0.39, 0.29) is 17.2 Å². The maximum absolute atomic E-state index is 13.5. The molecule has 3 heterocycles. The van der Waals surface area contributed by atoms with E-state index in [1.54, 1.807) is 11.8 Å². The number of amides is 1. The minimum absolute atomic E-state index is 0.0400. The molecule has 0 unspecified atom stereocenters. The molecular weight excluding hydrogens is 352 g/mol. The van der Waals surface area contributed by atoms with Crippen molar-refractivity contribution in [2.75, 3.05) is 17.3 Å². The molecule has 1 fully saturated rings. The molecule has 4 nitrogen and oxygen atoms in total. The van der Waals surface area contributed by atoms with Crippen LogP contribution in [0.25, 0.3) is 0 Å². The number of carbonyl (C=O) groups excluding carboxylic acids is 1. The summed E-state index contributed by atoms with van der Waals surface area (Å²) in [5, 5.41) is 0.874. The number of nitrogens with zero attached hydrogens (tertiary/aromatic N) is 2. The van der Waals surface area contributed by atoms with Crippen LogP contribution in [0.5, 0.6) is 0 Å². The lowest BCUT2D eigenvalue weighted by Crippen LogP contribution is -2.47. The minimum atomic E-state index is -0.0676. The lowest BCUT2D eigenvalue weighted by atomic mass is 9.87. The first-order chi connectivity index (χ1) is 12.3. The zero-order chi connectivity index (χ0) is 16.8. The highest BCUT2D eigenvalue weighted by atomic mass is 32.2. The molecule has 0 radical (unpaired) electrons. The third-order valence-corrected chi connectivity index (χ3v) is 7.57. The first kappa shape index (κ1) is 16.0. The van der Waals surface area contributed by atoms with Gasteiger partial charge in [-0.05, 0) is 48.3 Å². The summed E-state index contributed by atoms with van der Waals surface area (Å²) < 4.78 is 5.34. The van der Waals surface area contributed by atoms with Crippen molar-refractivity contribution in [1.82, 2.24) is 0 Å². The first-order valence-corrected chi connectivity index (χ1v) is 10.8. The molecule has 1 aromatic carbocycles. The van der Waals surface area contributed by atoms with E-state index in [0.717, 1.165) is 36.1 Å². The number of ether oxygens (including phenoxy) is 1. The normalized spacial score (nSPS) is 30.9. The van der Waals surface area contributed by atoms with Crippen molar-refractivity contribution in [1.29, 1.82) is 0 Å². The Hall–Kier alpha value is -1.24. The number of carbonyl (C=O) groups is 1. The molecule has 1 saturated heterocycles. The molecule has 0 N–H and O–H groups in total. The van der Waals surface area contributed by atoms with E-state index in [0.29, 0.717) is 6.10 Å². The molecule has 1 amide bonds. The number of hydrogen-bond acceptors (Lipinski definition) is 5. The molecule has 0 saturated carbocycles. The summed E-state index contributed by atoms with van der Waals surface area (Å²) in [5.41, 5.74) is 2.29. The maximum atomic E-state index is 13.5. The number of allylic oxidation sites excluding steroid dienone is 1. The predicted molar refractivity (Wildman–Crippen MR) is 104 cm³/mol. The molecular formula is C19H20N2O2S2. The van der Waals surface area contributed by atoms with Crippen LogP contribution in [-0.4, -0.2) is 34.9 Å². The van der Waals surface area contributed by atoms with Gasteiger partial charge < -0.3 is 4.74 Å². The lowest BCUT2D eigenvalue weighted by Gasteiger charge is -2.34. The summed E-state index contributed by atoms with van der Waals surface area (Å²) in [5.74, 6) is 0.997. The number of epoxide rings is 1.